The molecule has 1 heterocycles. The van der Waals surface area contributed by atoms with Gasteiger partial charge in [0.25, 0.3) is 6.02 Å². The molecule has 0 aliphatic heterocycles. The van der Waals surface area contributed by atoms with Gasteiger partial charge >= 0.3 is 0 Å². The number of benzene rings is 3. The number of ether oxygens (including phenoxy) is 1. The van der Waals surface area contributed by atoms with Crippen LogP contribution in [0.5, 0.6) is 0 Å². The maximum atomic E-state index is 11.9. The fourth-order valence-corrected chi connectivity index (χ4v) is 3.79. The van der Waals surface area contributed by atoms with Crippen LogP contribution in [-0.4, -0.2) is 35.4 Å². The van der Waals surface area contributed by atoms with Crippen molar-refractivity contribution in [3.63, 3.8) is 0 Å². The Morgan fingerprint density at radius 1 is 0.969 bits per heavy atom. The first-order valence-electron chi connectivity index (χ1n) is 10.8. The molecule has 4 aromatic rings. The second kappa shape index (κ2) is 9.52. The van der Waals surface area contributed by atoms with Crippen LogP contribution in [0.25, 0.3) is 27.9 Å². The molecule has 0 fully saturated rings. The molecular formula is C27H27N3O2. The van der Waals surface area contributed by atoms with Crippen LogP contribution in [0.3, 0.4) is 0 Å². The number of carbonyl (C=O) groups excluding carboxylic acids is 1. The number of aliphatic imine (C=N–C) groups is 1. The molecule has 4 rings (SSSR count). The molecule has 1 aromatic heterocycles. The summed E-state index contributed by atoms with van der Waals surface area (Å²) in [7, 11) is 1.88. The first-order chi connectivity index (χ1) is 15.6. The Balaban J connectivity index is 1.73. The molecule has 5 nitrogen and oxygen atoms in total. The maximum absolute atomic E-state index is 11.9. The van der Waals surface area contributed by atoms with Gasteiger partial charge in [0.15, 0.2) is 12.0 Å². The minimum Gasteiger partial charge on any atom is -0.422 e. The fourth-order valence-electron chi connectivity index (χ4n) is 3.79. The zero-order valence-corrected chi connectivity index (χ0v) is 18.7. The molecule has 0 unspecified atom stereocenters. The van der Waals surface area contributed by atoms with Crippen molar-refractivity contribution in [2.75, 3.05) is 13.6 Å². The number of aldehydes is 1. The Kier molecular flexibility index (Phi) is 6.36. The molecule has 0 N–H and O–H groups in total. The molecule has 32 heavy (non-hydrogen) atoms. The summed E-state index contributed by atoms with van der Waals surface area (Å²) in [6, 6.07) is 24.5. The second-order valence-corrected chi connectivity index (χ2v) is 7.55. The van der Waals surface area contributed by atoms with Crippen molar-refractivity contribution in [3.8, 4) is 0 Å². The predicted molar refractivity (Wildman–Crippen MR) is 132 cm³/mol. The van der Waals surface area contributed by atoms with Crippen molar-refractivity contribution in [1.82, 2.24) is 9.47 Å². The van der Waals surface area contributed by atoms with E-state index in [0.29, 0.717) is 12.6 Å². The van der Waals surface area contributed by atoms with Gasteiger partial charge in [0, 0.05) is 41.9 Å². The smallest absolute Gasteiger partial charge is 0.297 e. The molecule has 5 heteroatoms. The average molecular weight is 426 g/mol. The van der Waals surface area contributed by atoms with Crippen molar-refractivity contribution in [2.45, 2.75) is 20.4 Å². The number of fused-ring (bicyclic) bond motifs is 3. The van der Waals surface area contributed by atoms with Crippen molar-refractivity contribution in [1.29, 1.82) is 0 Å². The van der Waals surface area contributed by atoms with E-state index in [2.05, 4.69) is 52.9 Å². The van der Waals surface area contributed by atoms with Gasteiger partial charge in [-0.25, -0.2) is 0 Å². The largest absolute Gasteiger partial charge is 0.422 e. The minimum atomic E-state index is 0.207. The number of hydrogen-bond donors (Lipinski definition) is 0. The monoisotopic (exact) mass is 425 g/mol. The highest BCUT2D eigenvalue weighted by Crippen LogP contribution is 2.30. The third-order valence-electron chi connectivity index (χ3n) is 5.53. The summed E-state index contributed by atoms with van der Waals surface area (Å²) in [6.45, 7) is 5.74. The highest BCUT2D eigenvalue weighted by atomic mass is 16.5. The predicted octanol–water partition coefficient (Wildman–Crippen LogP) is 6.01. The van der Waals surface area contributed by atoms with Gasteiger partial charge in [0.2, 0.25) is 0 Å². The van der Waals surface area contributed by atoms with Crippen LogP contribution < -0.4 is 0 Å². The van der Waals surface area contributed by atoms with E-state index in [1.807, 2.05) is 55.3 Å². The van der Waals surface area contributed by atoms with E-state index in [-0.39, 0.29) is 5.76 Å². The third kappa shape index (κ3) is 4.28. The Labute approximate surface area is 188 Å². The summed E-state index contributed by atoms with van der Waals surface area (Å²) < 4.78 is 8.25. The van der Waals surface area contributed by atoms with E-state index in [0.717, 1.165) is 29.5 Å². The zero-order chi connectivity index (χ0) is 22.5. The molecule has 0 aliphatic carbocycles. The van der Waals surface area contributed by atoms with E-state index in [9.17, 15) is 4.79 Å². The van der Waals surface area contributed by atoms with Crippen LogP contribution >= 0.6 is 0 Å². The van der Waals surface area contributed by atoms with Crippen molar-refractivity contribution in [2.24, 2.45) is 4.99 Å². The summed E-state index contributed by atoms with van der Waals surface area (Å²) in [5.41, 5.74) is 4.05. The highest BCUT2D eigenvalue weighted by Gasteiger charge is 2.12. The minimum absolute atomic E-state index is 0.207. The molecule has 3 aromatic carbocycles. The van der Waals surface area contributed by atoms with Crippen LogP contribution in [0.1, 0.15) is 19.4 Å². The molecule has 0 spiro atoms. The first kappa shape index (κ1) is 21.4. The quantitative estimate of drug-likeness (QED) is 0.125. The van der Waals surface area contributed by atoms with Crippen molar-refractivity contribution < 1.29 is 9.53 Å². The molecular weight excluding hydrogens is 398 g/mol. The SMILES string of the molecule is CCN(C)/C(=N\c1ccccc1)O/C(C=O)=C/c1ccc2c(c1)c1ccccc1n2CC. The first-order valence-corrected chi connectivity index (χ1v) is 10.8. The normalized spacial score (nSPS) is 12.3. The van der Waals surface area contributed by atoms with E-state index >= 15 is 0 Å². The van der Waals surface area contributed by atoms with Gasteiger partial charge in [0.1, 0.15) is 0 Å². The maximum Gasteiger partial charge on any atom is 0.297 e. The van der Waals surface area contributed by atoms with Gasteiger partial charge in [-0.2, -0.15) is 4.99 Å². The number of hydrogen-bond acceptors (Lipinski definition) is 3. The highest BCUT2D eigenvalue weighted by molar-refractivity contribution is 6.08. The summed E-state index contributed by atoms with van der Waals surface area (Å²) in [6.07, 6.45) is 2.48. The number of aryl methyl sites for hydroxylation is 1. The third-order valence-corrected chi connectivity index (χ3v) is 5.53. The van der Waals surface area contributed by atoms with E-state index < -0.39 is 0 Å². The van der Waals surface area contributed by atoms with Gasteiger partial charge in [-0.15, -0.1) is 0 Å². The van der Waals surface area contributed by atoms with Crippen LogP contribution in [0.2, 0.25) is 0 Å². The standard InChI is InChI=1S/C27H27N3O2/c1-4-29(3)27(28-21-11-7-6-8-12-21)32-22(19-31)17-20-15-16-26-24(18-20)23-13-9-10-14-25(23)30(26)5-2/h6-19H,4-5H2,1-3H3/b22-17+,28-27+. The summed E-state index contributed by atoms with van der Waals surface area (Å²) in [5.74, 6) is 0.207. The molecule has 0 saturated heterocycles. The topological polar surface area (TPSA) is 46.8 Å². The number of aromatic nitrogens is 1. The lowest BCUT2D eigenvalue weighted by Gasteiger charge is -2.19. The number of rotatable bonds is 6. The van der Waals surface area contributed by atoms with Crippen LogP contribution in [0.15, 0.2) is 83.5 Å². The van der Waals surface area contributed by atoms with Gasteiger partial charge in [-0.1, -0.05) is 42.5 Å². The molecule has 0 atom stereocenters. The summed E-state index contributed by atoms with van der Waals surface area (Å²) in [5, 5.41) is 2.36. The molecule has 0 bridgehead atoms. The van der Waals surface area contributed by atoms with Gasteiger partial charge in [-0.05, 0) is 55.8 Å². The number of amidine groups is 1. The lowest BCUT2D eigenvalue weighted by Crippen LogP contribution is -2.28. The van der Waals surface area contributed by atoms with Crippen molar-refractivity contribution >= 4 is 45.9 Å². The summed E-state index contributed by atoms with van der Waals surface area (Å²) >= 11 is 0. The van der Waals surface area contributed by atoms with E-state index in [4.69, 9.17) is 4.74 Å². The van der Waals surface area contributed by atoms with E-state index in [1.54, 1.807) is 6.08 Å². The van der Waals surface area contributed by atoms with Gasteiger partial charge in [0.05, 0.1) is 5.69 Å². The average Bonchev–Trinajstić information content (AvgIpc) is 3.16. The zero-order valence-electron chi connectivity index (χ0n) is 18.7. The molecule has 162 valence electrons. The lowest BCUT2D eigenvalue weighted by atomic mass is 10.1. The summed E-state index contributed by atoms with van der Waals surface area (Å²) in [4.78, 5) is 18.3. The Hall–Kier alpha value is -3.86. The Morgan fingerprint density at radius 3 is 2.41 bits per heavy atom. The number of nitrogens with zero attached hydrogens (tertiary/aromatic N) is 3. The van der Waals surface area contributed by atoms with Crippen molar-refractivity contribution in [3.05, 3.63) is 84.1 Å². The number of allylic oxidation sites excluding steroid dienone is 1. The van der Waals surface area contributed by atoms with Crippen LogP contribution in [0.4, 0.5) is 5.69 Å². The lowest BCUT2D eigenvalue weighted by molar-refractivity contribution is -0.106. The van der Waals surface area contributed by atoms with Crippen LogP contribution in [0, 0.1) is 0 Å². The van der Waals surface area contributed by atoms with Gasteiger partial charge in [-0.3, -0.25) is 4.79 Å². The fraction of sp³-hybridized carbons (Fsp3) is 0.185. The second-order valence-electron chi connectivity index (χ2n) is 7.55. The van der Waals surface area contributed by atoms with E-state index in [1.165, 1.54) is 16.4 Å². The molecule has 0 amide bonds. The Bertz CT molecular complexity index is 1300. The van der Waals surface area contributed by atoms with Gasteiger partial charge < -0.3 is 14.2 Å². The number of carbonyl (C=O) groups is 1. The molecule has 0 radical (unpaired) electrons. The number of para-hydroxylation sites is 2. The van der Waals surface area contributed by atoms with Crippen LogP contribution in [-0.2, 0) is 16.1 Å². The Morgan fingerprint density at radius 2 is 1.69 bits per heavy atom. The molecule has 0 saturated carbocycles. The molecule has 0 aliphatic rings.